The smallest absolute Gasteiger partial charge is 0.144 e. The zero-order chi connectivity index (χ0) is 10.8. The molecule has 0 radical (unpaired) electrons. The van der Waals surface area contributed by atoms with Crippen molar-refractivity contribution in [3.8, 4) is 11.8 Å². The van der Waals surface area contributed by atoms with E-state index in [1.54, 1.807) is 0 Å². The average molecular weight is 203 g/mol. The first-order valence-corrected chi connectivity index (χ1v) is 4.84. The van der Waals surface area contributed by atoms with Gasteiger partial charge in [-0.25, -0.2) is 0 Å². The second kappa shape index (κ2) is 3.70. The molecule has 1 aliphatic rings. The van der Waals surface area contributed by atoms with Gasteiger partial charge in [-0.05, 0) is 12.1 Å². The number of nitrogen functional groups attached to an aromatic ring is 1. The Kier molecular flexibility index (Phi) is 2.38. The van der Waals surface area contributed by atoms with Gasteiger partial charge >= 0.3 is 0 Å². The lowest BCUT2D eigenvalue weighted by Crippen LogP contribution is -2.40. The second-order valence-corrected chi connectivity index (χ2v) is 3.67. The number of likely N-dealkylation sites (N-methyl/N-ethyl adjacent to an activating group) is 1. The van der Waals surface area contributed by atoms with Crippen LogP contribution in [0.15, 0.2) is 18.2 Å². The summed E-state index contributed by atoms with van der Waals surface area (Å²) < 4.78 is 5.57. The van der Waals surface area contributed by atoms with Gasteiger partial charge in [-0.15, -0.1) is 0 Å². The standard InChI is InChI=1S/C11H13N3O/c1-14-9(4-5-12)7-15-11-6-8(13)2-3-10(11)14/h2-3,6,9H,4,7,13H2,1H3. The number of nitriles is 1. The number of ether oxygens (including phenoxy) is 1. The minimum absolute atomic E-state index is 0.131. The van der Waals surface area contributed by atoms with Gasteiger partial charge in [0.2, 0.25) is 0 Å². The average Bonchev–Trinajstić information content (AvgIpc) is 2.22. The Labute approximate surface area is 88.9 Å². The Hall–Kier alpha value is -1.89. The maximum absolute atomic E-state index is 8.68. The third-order valence-corrected chi connectivity index (χ3v) is 2.67. The summed E-state index contributed by atoms with van der Waals surface area (Å²) in [6, 6.07) is 7.87. The van der Waals surface area contributed by atoms with Crippen molar-refractivity contribution >= 4 is 11.4 Å². The first-order valence-electron chi connectivity index (χ1n) is 4.84. The summed E-state index contributed by atoms with van der Waals surface area (Å²) in [7, 11) is 1.97. The van der Waals surface area contributed by atoms with Crippen LogP contribution in [0.2, 0.25) is 0 Å². The normalized spacial score (nSPS) is 18.9. The van der Waals surface area contributed by atoms with Gasteiger partial charge in [-0.1, -0.05) is 0 Å². The van der Waals surface area contributed by atoms with Crippen LogP contribution in [-0.2, 0) is 0 Å². The molecule has 1 aromatic rings. The summed E-state index contributed by atoms with van der Waals surface area (Å²) in [6.07, 6.45) is 0.473. The lowest BCUT2D eigenvalue weighted by Gasteiger charge is -2.34. The lowest BCUT2D eigenvalue weighted by molar-refractivity contribution is 0.268. The molecule has 1 aromatic carbocycles. The highest BCUT2D eigenvalue weighted by atomic mass is 16.5. The van der Waals surface area contributed by atoms with Crippen molar-refractivity contribution < 1.29 is 4.74 Å². The number of benzene rings is 1. The summed E-state index contributed by atoms with van der Waals surface area (Å²) in [5, 5.41) is 8.68. The molecular weight excluding hydrogens is 190 g/mol. The molecule has 0 saturated carbocycles. The van der Waals surface area contributed by atoms with Gasteiger partial charge in [0, 0.05) is 18.8 Å². The van der Waals surface area contributed by atoms with Gasteiger partial charge in [0.05, 0.1) is 24.2 Å². The molecule has 15 heavy (non-hydrogen) atoms. The van der Waals surface area contributed by atoms with Crippen LogP contribution in [-0.4, -0.2) is 19.7 Å². The highest BCUT2D eigenvalue weighted by molar-refractivity contribution is 5.65. The number of anilines is 2. The first kappa shape index (κ1) is 9.66. The Morgan fingerprint density at radius 1 is 1.67 bits per heavy atom. The quantitative estimate of drug-likeness (QED) is 0.700. The number of nitrogens with two attached hydrogens (primary N) is 1. The first-order chi connectivity index (χ1) is 7.22. The van der Waals surface area contributed by atoms with Crippen LogP contribution in [0.5, 0.6) is 5.75 Å². The number of nitrogens with zero attached hydrogens (tertiary/aromatic N) is 2. The van der Waals surface area contributed by atoms with E-state index in [4.69, 9.17) is 15.7 Å². The van der Waals surface area contributed by atoms with Crippen molar-refractivity contribution in [1.82, 2.24) is 0 Å². The molecule has 2 rings (SSSR count). The van der Waals surface area contributed by atoms with Crippen LogP contribution in [0.25, 0.3) is 0 Å². The van der Waals surface area contributed by atoms with Gasteiger partial charge in [-0.2, -0.15) is 5.26 Å². The molecule has 4 nitrogen and oxygen atoms in total. The van der Waals surface area contributed by atoms with Crippen molar-refractivity contribution in [1.29, 1.82) is 5.26 Å². The molecule has 0 spiro atoms. The molecule has 0 aromatic heterocycles. The summed E-state index contributed by atoms with van der Waals surface area (Å²) in [6.45, 7) is 0.542. The molecule has 1 unspecified atom stereocenters. The van der Waals surface area contributed by atoms with E-state index in [-0.39, 0.29) is 6.04 Å². The topological polar surface area (TPSA) is 62.3 Å². The molecule has 0 bridgehead atoms. The predicted octanol–water partition coefficient (Wildman–Crippen LogP) is 1.38. The predicted molar refractivity (Wildman–Crippen MR) is 58.8 cm³/mol. The van der Waals surface area contributed by atoms with E-state index in [1.807, 2.05) is 25.2 Å². The van der Waals surface area contributed by atoms with Gasteiger partial charge in [0.1, 0.15) is 12.4 Å². The van der Waals surface area contributed by atoms with E-state index >= 15 is 0 Å². The summed E-state index contributed by atoms with van der Waals surface area (Å²) in [5.41, 5.74) is 7.36. The fourth-order valence-corrected chi connectivity index (χ4v) is 1.73. The fraction of sp³-hybridized carbons (Fsp3) is 0.364. The van der Waals surface area contributed by atoms with E-state index in [9.17, 15) is 0 Å². The van der Waals surface area contributed by atoms with Crippen molar-refractivity contribution in [3.63, 3.8) is 0 Å². The maximum Gasteiger partial charge on any atom is 0.144 e. The SMILES string of the molecule is CN1c2ccc(N)cc2OCC1CC#N. The fourth-order valence-electron chi connectivity index (χ4n) is 1.73. The van der Waals surface area contributed by atoms with Crippen molar-refractivity contribution in [2.45, 2.75) is 12.5 Å². The number of hydrogen-bond donors (Lipinski definition) is 1. The van der Waals surface area contributed by atoms with Crippen molar-refractivity contribution in [2.75, 3.05) is 24.3 Å². The van der Waals surface area contributed by atoms with Crippen LogP contribution in [0, 0.1) is 11.3 Å². The third-order valence-electron chi connectivity index (χ3n) is 2.67. The minimum atomic E-state index is 0.131. The second-order valence-electron chi connectivity index (χ2n) is 3.67. The summed E-state index contributed by atoms with van der Waals surface area (Å²) in [5.74, 6) is 0.798. The molecule has 0 aliphatic carbocycles. The zero-order valence-electron chi connectivity index (χ0n) is 8.60. The highest BCUT2D eigenvalue weighted by Gasteiger charge is 2.24. The molecule has 2 N–H and O–H groups in total. The summed E-state index contributed by atoms with van der Waals surface area (Å²) in [4.78, 5) is 2.07. The number of rotatable bonds is 1. The van der Waals surface area contributed by atoms with Gasteiger partial charge in [0.25, 0.3) is 0 Å². The van der Waals surface area contributed by atoms with Crippen LogP contribution in [0.4, 0.5) is 11.4 Å². The Morgan fingerprint density at radius 3 is 3.20 bits per heavy atom. The number of fused-ring (bicyclic) bond motifs is 1. The molecule has 0 saturated heterocycles. The molecule has 4 heteroatoms. The van der Waals surface area contributed by atoms with Crippen molar-refractivity contribution in [3.05, 3.63) is 18.2 Å². The number of hydrogen-bond acceptors (Lipinski definition) is 4. The van der Waals surface area contributed by atoms with E-state index in [2.05, 4.69) is 11.0 Å². The molecule has 0 fully saturated rings. The minimum Gasteiger partial charge on any atom is -0.489 e. The molecule has 1 heterocycles. The lowest BCUT2D eigenvalue weighted by atomic mass is 10.1. The van der Waals surface area contributed by atoms with E-state index in [0.717, 1.165) is 11.4 Å². The van der Waals surface area contributed by atoms with Crippen LogP contribution >= 0.6 is 0 Å². The Morgan fingerprint density at radius 2 is 2.47 bits per heavy atom. The van der Waals surface area contributed by atoms with Gasteiger partial charge in [-0.3, -0.25) is 0 Å². The van der Waals surface area contributed by atoms with Crippen LogP contribution in [0.3, 0.4) is 0 Å². The largest absolute Gasteiger partial charge is 0.489 e. The van der Waals surface area contributed by atoms with Crippen molar-refractivity contribution in [2.24, 2.45) is 0 Å². The highest BCUT2D eigenvalue weighted by Crippen LogP contribution is 2.34. The van der Waals surface area contributed by atoms with Gasteiger partial charge in [0.15, 0.2) is 0 Å². The zero-order valence-corrected chi connectivity index (χ0v) is 8.60. The molecule has 78 valence electrons. The molecule has 0 amide bonds. The Bertz CT molecular complexity index is 411. The van der Waals surface area contributed by atoms with E-state index < -0.39 is 0 Å². The third kappa shape index (κ3) is 1.68. The Balaban J connectivity index is 2.31. The van der Waals surface area contributed by atoms with Gasteiger partial charge < -0.3 is 15.4 Å². The van der Waals surface area contributed by atoms with E-state index in [0.29, 0.717) is 18.7 Å². The maximum atomic E-state index is 8.68. The van der Waals surface area contributed by atoms with Crippen LogP contribution < -0.4 is 15.4 Å². The molecule has 1 atom stereocenters. The monoisotopic (exact) mass is 203 g/mol. The van der Waals surface area contributed by atoms with Crippen LogP contribution in [0.1, 0.15) is 6.42 Å². The van der Waals surface area contributed by atoms with E-state index in [1.165, 1.54) is 0 Å². The summed E-state index contributed by atoms with van der Waals surface area (Å²) >= 11 is 0. The molecule has 1 aliphatic heterocycles. The molecular formula is C11H13N3O.